The Morgan fingerprint density at radius 3 is 2.07 bits per heavy atom. The fourth-order valence-electron chi connectivity index (χ4n) is 2.38. The fraction of sp³-hybridized carbons (Fsp3) is 0.900. The first kappa shape index (κ1) is 12.1. The first-order valence-electron chi connectivity index (χ1n) is 4.84. The van der Waals surface area contributed by atoms with E-state index in [9.17, 15) is 5.21 Å². The molecule has 3 nitrogen and oxygen atoms in total. The number of hydrogen-bond acceptors (Lipinski definition) is 2. The molecule has 1 radical (unpaired) electrons. The summed E-state index contributed by atoms with van der Waals surface area (Å²) in [5.41, 5.74) is -0.653. The van der Waals surface area contributed by atoms with Crippen LogP contribution in [-0.2, 0) is 5.21 Å². The average Bonchev–Trinajstić information content (AvgIpc) is 1.99. The fourth-order valence-corrected chi connectivity index (χ4v) is 2.69. The Bertz CT molecular complexity index is 251. The summed E-state index contributed by atoms with van der Waals surface area (Å²) in [6.45, 7) is 7.90. The molecule has 1 aliphatic heterocycles. The number of nitrogens with zero attached hydrogens (tertiary/aromatic N) is 2. The van der Waals surface area contributed by atoms with Crippen molar-refractivity contribution >= 4 is 20.3 Å². The van der Waals surface area contributed by atoms with Gasteiger partial charge in [0.05, 0.1) is 0 Å². The van der Waals surface area contributed by atoms with Gasteiger partial charge in [0.15, 0.2) is 0 Å². The minimum atomic E-state index is -0.327. The van der Waals surface area contributed by atoms with Gasteiger partial charge in [0, 0.05) is 0 Å². The topological polar surface area (TPSA) is 35.5 Å². The van der Waals surface area contributed by atoms with Gasteiger partial charge in [0.2, 0.25) is 0 Å². The van der Waals surface area contributed by atoms with Crippen LogP contribution in [0.5, 0.6) is 0 Å². The van der Waals surface area contributed by atoms with Gasteiger partial charge < -0.3 is 0 Å². The van der Waals surface area contributed by atoms with Gasteiger partial charge in [-0.05, 0) is 0 Å². The van der Waals surface area contributed by atoms with Crippen LogP contribution in [0.2, 0.25) is 0 Å². The van der Waals surface area contributed by atoms with E-state index >= 15 is 0 Å². The summed E-state index contributed by atoms with van der Waals surface area (Å²) in [5, 5.41) is 13.2. The average molecular weight is 260 g/mol. The summed E-state index contributed by atoms with van der Waals surface area (Å²) < 4.78 is 2.71. The molecule has 0 spiro atoms. The molecule has 14 heavy (non-hydrogen) atoms. The van der Waals surface area contributed by atoms with Gasteiger partial charge in [0.1, 0.15) is 0 Å². The van der Waals surface area contributed by atoms with Crippen molar-refractivity contribution in [2.45, 2.75) is 57.7 Å². The van der Waals surface area contributed by atoms with Crippen LogP contribution in [0.3, 0.4) is 0 Å². The summed E-state index contributed by atoms with van der Waals surface area (Å²) in [6, 6.07) is 0.214. The predicted octanol–water partition coefficient (Wildman–Crippen LogP) is 1.43. The van der Waals surface area contributed by atoms with Crippen molar-refractivity contribution in [1.82, 2.24) is 5.06 Å². The third-order valence-corrected chi connectivity index (χ3v) is 3.03. The van der Waals surface area contributed by atoms with Crippen LogP contribution in [0.1, 0.15) is 40.5 Å². The Labute approximate surface area is 93.5 Å². The molecule has 1 fully saturated rings. The van der Waals surface area contributed by atoms with E-state index in [1.807, 2.05) is 27.7 Å². The second kappa shape index (κ2) is 3.88. The van der Waals surface area contributed by atoms with Crippen molar-refractivity contribution in [1.29, 1.82) is 0 Å². The maximum atomic E-state index is 12.0. The Hall–Kier alpha value is 0.0195. The van der Waals surface area contributed by atoms with E-state index in [1.54, 1.807) is 0 Å². The number of hydroxylamine groups is 2. The number of hydrogen-bond donors (Lipinski definition) is 0. The molecule has 1 aliphatic rings. The molecule has 1 heterocycles. The van der Waals surface area contributed by atoms with Gasteiger partial charge in [-0.3, -0.25) is 0 Å². The summed E-state index contributed by atoms with van der Waals surface area (Å²) in [7, 11) is 0. The Morgan fingerprint density at radius 2 is 1.71 bits per heavy atom. The van der Waals surface area contributed by atoms with E-state index < -0.39 is 0 Å². The minimum absolute atomic E-state index is 0.214. The Morgan fingerprint density at radius 1 is 1.29 bits per heavy atom. The van der Waals surface area contributed by atoms with E-state index in [0.29, 0.717) is 0 Å². The van der Waals surface area contributed by atoms with Crippen LogP contribution < -0.4 is 0 Å². The number of rotatable bonds is 1. The van der Waals surface area contributed by atoms with E-state index in [-0.39, 0.29) is 17.1 Å². The maximum absolute atomic E-state index is 12.0. The molecule has 0 saturated carbocycles. The summed E-state index contributed by atoms with van der Waals surface area (Å²) in [5.74, 6) is 0. The van der Waals surface area contributed by atoms with Gasteiger partial charge in [-0.1, -0.05) is 0 Å². The van der Waals surface area contributed by atoms with Crippen LogP contribution in [0.25, 0.3) is 0 Å². The molecular formula is C10H17N2OSe. The molecule has 1 rings (SSSR count). The zero-order valence-electron chi connectivity index (χ0n) is 9.20. The molecule has 0 atom stereocenters. The van der Waals surface area contributed by atoms with E-state index in [0.717, 1.165) is 12.8 Å². The molecule has 4 heteroatoms. The first-order chi connectivity index (χ1) is 6.29. The van der Waals surface area contributed by atoms with Crippen molar-refractivity contribution in [3.8, 4) is 0 Å². The van der Waals surface area contributed by atoms with E-state index in [1.165, 1.54) is 5.06 Å². The molecule has 0 aromatic rings. The third-order valence-electron chi connectivity index (χ3n) is 2.81. The van der Waals surface area contributed by atoms with Crippen LogP contribution >= 0.6 is 0 Å². The van der Waals surface area contributed by atoms with Crippen LogP contribution in [0.15, 0.2) is 4.99 Å². The van der Waals surface area contributed by atoms with Crippen LogP contribution in [-0.4, -0.2) is 42.5 Å². The molecule has 0 aromatic carbocycles. The molecule has 1 saturated heterocycles. The molecule has 0 N–H and O–H groups in total. The van der Waals surface area contributed by atoms with Gasteiger partial charge in [-0.15, -0.1) is 0 Å². The van der Waals surface area contributed by atoms with Crippen molar-refractivity contribution in [2.75, 3.05) is 0 Å². The number of piperidine rings is 1. The monoisotopic (exact) mass is 261 g/mol. The first-order valence-corrected chi connectivity index (χ1v) is 5.70. The van der Waals surface area contributed by atoms with Gasteiger partial charge in [0.25, 0.3) is 0 Å². The second-order valence-electron chi connectivity index (χ2n) is 5.20. The van der Waals surface area contributed by atoms with E-state index in [2.05, 4.69) is 25.3 Å². The molecule has 0 unspecified atom stereocenters. The van der Waals surface area contributed by atoms with Crippen LogP contribution in [0, 0.1) is 0 Å². The van der Waals surface area contributed by atoms with Crippen molar-refractivity contribution in [3.05, 3.63) is 0 Å². The molecular weight excluding hydrogens is 243 g/mol. The Kier molecular flexibility index (Phi) is 3.35. The molecule has 79 valence electrons. The van der Waals surface area contributed by atoms with Gasteiger partial charge in [-0.2, -0.15) is 0 Å². The zero-order valence-corrected chi connectivity index (χ0v) is 10.9. The molecule has 0 amide bonds. The summed E-state index contributed by atoms with van der Waals surface area (Å²) >= 11 is 2.65. The normalized spacial score (nSPS) is 26.9. The van der Waals surface area contributed by atoms with Gasteiger partial charge >= 0.3 is 93.2 Å². The standard InChI is InChI=1S/C10H17N2OSe/c1-9(2)5-8(11-7-14)6-10(3,4)12(9)13/h8H,5-6H2,1-4H3. The van der Waals surface area contributed by atoms with Gasteiger partial charge in [-0.25, -0.2) is 0 Å². The van der Waals surface area contributed by atoms with Crippen molar-refractivity contribution in [2.24, 2.45) is 4.99 Å². The Balaban J connectivity index is 2.91. The van der Waals surface area contributed by atoms with Crippen molar-refractivity contribution in [3.63, 3.8) is 0 Å². The summed E-state index contributed by atoms with van der Waals surface area (Å²) in [6.07, 6.45) is 1.60. The number of aliphatic imine (C=N–C) groups is 1. The van der Waals surface area contributed by atoms with Crippen molar-refractivity contribution < 1.29 is 5.21 Å². The molecule has 0 bridgehead atoms. The summed E-state index contributed by atoms with van der Waals surface area (Å²) in [4.78, 5) is 4.24. The van der Waals surface area contributed by atoms with E-state index in [4.69, 9.17) is 0 Å². The third kappa shape index (κ3) is 2.33. The second-order valence-corrected chi connectivity index (χ2v) is 5.58. The quantitative estimate of drug-likeness (QED) is 0.519. The predicted molar refractivity (Wildman–Crippen MR) is 56.9 cm³/mol. The SMILES string of the molecule is CC1(C)CC(N=C=[Se])CC(C)(C)N1[O]. The van der Waals surface area contributed by atoms with Crippen LogP contribution in [0.4, 0.5) is 0 Å². The molecule has 0 aromatic heterocycles. The zero-order chi connectivity index (χ0) is 11.0. The molecule has 0 aliphatic carbocycles.